The number of para-hydroxylation sites is 1. The first-order chi connectivity index (χ1) is 8.27. The zero-order chi connectivity index (χ0) is 12.1. The van der Waals surface area contributed by atoms with Crippen molar-refractivity contribution in [2.45, 2.75) is 45.4 Å². The first kappa shape index (κ1) is 12.2. The highest BCUT2D eigenvalue weighted by molar-refractivity contribution is 5.96. The van der Waals surface area contributed by atoms with E-state index in [2.05, 4.69) is 48.4 Å². The second-order valence-corrected chi connectivity index (χ2v) is 5.01. The van der Waals surface area contributed by atoms with Gasteiger partial charge >= 0.3 is 0 Å². The van der Waals surface area contributed by atoms with Crippen LogP contribution in [0.5, 0.6) is 0 Å². The van der Waals surface area contributed by atoms with Gasteiger partial charge in [-0.15, -0.1) is 0 Å². The van der Waals surface area contributed by atoms with Crippen molar-refractivity contribution in [3.05, 3.63) is 29.8 Å². The summed E-state index contributed by atoms with van der Waals surface area (Å²) in [7, 11) is 0. The lowest BCUT2D eigenvalue weighted by atomic mass is 10.0. The third-order valence-electron chi connectivity index (χ3n) is 3.24. The van der Waals surface area contributed by atoms with E-state index in [0.29, 0.717) is 5.92 Å². The van der Waals surface area contributed by atoms with Crippen LogP contribution in [0, 0.1) is 0 Å². The van der Waals surface area contributed by atoms with Crippen molar-refractivity contribution in [3.63, 3.8) is 0 Å². The molecule has 17 heavy (non-hydrogen) atoms. The molecular weight excluding hydrogens is 208 g/mol. The van der Waals surface area contributed by atoms with E-state index in [0.717, 1.165) is 18.8 Å². The summed E-state index contributed by atoms with van der Waals surface area (Å²) in [6.45, 7) is 5.44. The minimum absolute atomic E-state index is 0.546. The maximum Gasteiger partial charge on any atom is 0.101 e. The van der Waals surface area contributed by atoms with Gasteiger partial charge in [-0.2, -0.15) is 0 Å². The summed E-state index contributed by atoms with van der Waals surface area (Å²) in [5, 5.41) is 3.52. The molecule has 2 rings (SSSR count). The number of hydrogen-bond acceptors (Lipinski definition) is 2. The molecule has 0 fully saturated rings. The Hall–Kier alpha value is -1.31. The summed E-state index contributed by atoms with van der Waals surface area (Å²) in [5.74, 6) is 1.71. The van der Waals surface area contributed by atoms with Crippen LogP contribution in [0.15, 0.2) is 29.3 Å². The van der Waals surface area contributed by atoms with Crippen LogP contribution in [-0.2, 0) is 0 Å². The van der Waals surface area contributed by atoms with Gasteiger partial charge in [-0.3, -0.25) is 4.99 Å². The number of aliphatic imine (C=N–C) groups is 1. The number of nitrogens with zero attached hydrogens (tertiary/aromatic N) is 1. The van der Waals surface area contributed by atoms with E-state index in [1.807, 2.05) is 0 Å². The monoisotopic (exact) mass is 230 g/mol. The molecule has 0 radical (unpaired) electrons. The van der Waals surface area contributed by atoms with Gasteiger partial charge < -0.3 is 5.32 Å². The summed E-state index contributed by atoms with van der Waals surface area (Å²) < 4.78 is 0. The van der Waals surface area contributed by atoms with Crippen LogP contribution in [0.2, 0.25) is 0 Å². The number of nitrogens with one attached hydrogen (secondary N) is 1. The summed E-state index contributed by atoms with van der Waals surface area (Å²) in [5.41, 5.74) is 2.60. The lowest BCUT2D eigenvalue weighted by Gasteiger charge is -2.15. The van der Waals surface area contributed by atoms with Crippen molar-refractivity contribution in [2.75, 3.05) is 11.9 Å². The molecule has 2 heteroatoms. The first-order valence-electron chi connectivity index (χ1n) is 6.66. The average molecular weight is 230 g/mol. The molecule has 0 aliphatic carbocycles. The summed E-state index contributed by atoms with van der Waals surface area (Å²) in [6, 6.07) is 8.55. The summed E-state index contributed by atoms with van der Waals surface area (Å²) >= 11 is 0. The molecule has 0 spiro atoms. The van der Waals surface area contributed by atoms with Gasteiger partial charge in [0, 0.05) is 18.7 Å². The molecule has 1 heterocycles. The van der Waals surface area contributed by atoms with Crippen LogP contribution >= 0.6 is 0 Å². The average Bonchev–Trinajstić information content (AvgIpc) is 2.58. The Labute approximate surface area is 104 Å². The Kier molecular flexibility index (Phi) is 4.18. The molecule has 1 aliphatic heterocycles. The highest BCUT2D eigenvalue weighted by atomic mass is 15.0. The molecule has 92 valence electrons. The fraction of sp³-hybridized carbons (Fsp3) is 0.533. The van der Waals surface area contributed by atoms with E-state index < -0.39 is 0 Å². The second kappa shape index (κ2) is 5.85. The van der Waals surface area contributed by atoms with Crippen molar-refractivity contribution < 1.29 is 0 Å². The minimum atomic E-state index is 0.546. The molecule has 0 atom stereocenters. The summed E-state index contributed by atoms with van der Waals surface area (Å²) in [6.07, 6.45) is 4.89. The minimum Gasteiger partial charge on any atom is -0.344 e. The SMILES string of the molecule is CC(C)c1ccccc1NC1=NCCCCC1. The molecular formula is C15H22N2. The van der Waals surface area contributed by atoms with E-state index in [1.54, 1.807) is 0 Å². The number of benzene rings is 1. The molecule has 2 nitrogen and oxygen atoms in total. The third-order valence-corrected chi connectivity index (χ3v) is 3.24. The van der Waals surface area contributed by atoms with Crippen molar-refractivity contribution in [1.82, 2.24) is 0 Å². The van der Waals surface area contributed by atoms with Gasteiger partial charge in [0.2, 0.25) is 0 Å². The van der Waals surface area contributed by atoms with Crippen molar-refractivity contribution >= 4 is 11.5 Å². The lowest BCUT2D eigenvalue weighted by Crippen LogP contribution is -2.13. The Bertz CT molecular complexity index is 394. The Morgan fingerprint density at radius 1 is 1.12 bits per heavy atom. The third kappa shape index (κ3) is 3.32. The number of anilines is 1. The second-order valence-electron chi connectivity index (χ2n) is 5.01. The number of rotatable bonds is 2. The highest BCUT2D eigenvalue weighted by Crippen LogP contribution is 2.24. The van der Waals surface area contributed by atoms with Gasteiger partial charge in [0.25, 0.3) is 0 Å². The predicted molar refractivity (Wildman–Crippen MR) is 74.9 cm³/mol. The Morgan fingerprint density at radius 3 is 2.76 bits per heavy atom. The standard InChI is InChI=1S/C15H22N2/c1-12(2)13-8-5-6-9-14(13)17-15-10-4-3-7-11-16-15/h5-6,8-9,12H,3-4,7,10-11H2,1-2H3,(H,16,17). The zero-order valence-corrected chi connectivity index (χ0v) is 10.9. The molecule has 1 N–H and O–H groups in total. The lowest BCUT2D eigenvalue weighted by molar-refractivity contribution is 0.731. The van der Waals surface area contributed by atoms with Crippen molar-refractivity contribution in [3.8, 4) is 0 Å². The molecule has 0 unspecified atom stereocenters. The van der Waals surface area contributed by atoms with Crippen LogP contribution in [0.25, 0.3) is 0 Å². The van der Waals surface area contributed by atoms with Crippen LogP contribution in [0.3, 0.4) is 0 Å². The normalized spacial score (nSPS) is 16.5. The molecule has 1 aromatic rings. The predicted octanol–water partition coefficient (Wildman–Crippen LogP) is 4.19. The van der Waals surface area contributed by atoms with E-state index >= 15 is 0 Å². The molecule has 0 saturated heterocycles. The quantitative estimate of drug-likeness (QED) is 0.809. The maximum atomic E-state index is 4.62. The molecule has 0 aromatic heterocycles. The highest BCUT2D eigenvalue weighted by Gasteiger charge is 2.09. The van der Waals surface area contributed by atoms with Gasteiger partial charge in [0.1, 0.15) is 5.84 Å². The number of hydrogen-bond donors (Lipinski definition) is 1. The first-order valence-corrected chi connectivity index (χ1v) is 6.66. The van der Waals surface area contributed by atoms with Crippen LogP contribution in [0.1, 0.15) is 51.0 Å². The molecule has 1 aromatic carbocycles. The van der Waals surface area contributed by atoms with Gasteiger partial charge in [-0.05, 0) is 30.4 Å². The van der Waals surface area contributed by atoms with Crippen LogP contribution in [-0.4, -0.2) is 12.4 Å². The van der Waals surface area contributed by atoms with Gasteiger partial charge in [-0.25, -0.2) is 0 Å². The Balaban J connectivity index is 2.14. The van der Waals surface area contributed by atoms with E-state index in [-0.39, 0.29) is 0 Å². The molecule has 0 amide bonds. The maximum absolute atomic E-state index is 4.62. The van der Waals surface area contributed by atoms with Crippen molar-refractivity contribution in [1.29, 1.82) is 0 Å². The largest absolute Gasteiger partial charge is 0.344 e. The van der Waals surface area contributed by atoms with Crippen LogP contribution < -0.4 is 5.32 Å². The van der Waals surface area contributed by atoms with Gasteiger partial charge in [0.05, 0.1) is 0 Å². The van der Waals surface area contributed by atoms with Gasteiger partial charge in [0.15, 0.2) is 0 Å². The molecule has 0 saturated carbocycles. The molecule has 1 aliphatic rings. The summed E-state index contributed by atoms with van der Waals surface area (Å²) in [4.78, 5) is 4.62. The zero-order valence-electron chi connectivity index (χ0n) is 10.9. The van der Waals surface area contributed by atoms with Crippen LogP contribution in [0.4, 0.5) is 5.69 Å². The van der Waals surface area contributed by atoms with E-state index in [4.69, 9.17) is 0 Å². The smallest absolute Gasteiger partial charge is 0.101 e. The topological polar surface area (TPSA) is 24.4 Å². The fourth-order valence-corrected chi connectivity index (χ4v) is 2.25. The fourth-order valence-electron chi connectivity index (χ4n) is 2.25. The molecule has 0 bridgehead atoms. The van der Waals surface area contributed by atoms with E-state index in [9.17, 15) is 0 Å². The Morgan fingerprint density at radius 2 is 1.94 bits per heavy atom. The number of amidine groups is 1. The van der Waals surface area contributed by atoms with Gasteiger partial charge in [-0.1, -0.05) is 38.5 Å². The van der Waals surface area contributed by atoms with E-state index in [1.165, 1.54) is 30.5 Å². The van der Waals surface area contributed by atoms with Crippen molar-refractivity contribution in [2.24, 2.45) is 4.99 Å².